The molecule has 6 nitrogen and oxygen atoms in total. The number of esters is 2. The summed E-state index contributed by atoms with van der Waals surface area (Å²) in [5.41, 5.74) is -1.14. The largest absolute Gasteiger partial charge is 0.461 e. The standard InChI is InChI=1S/C34H50O6/c1-7-8-9-10-11-12-13-14-15-16-28(36)40-31-26(21-39-24(4)35)18-25-20-33(19-22(2)30(37)34(31,33)38)23(3)17-27-29(25)32(27,5)6/h13-16,18-19,23,25,27,29-31,37-38H,7-12,17,20-21H2,1-6H3/b14-13-,16-15+/t23-,25-,27-,29+,30+,31-,33-,34-/m1/s1. The van der Waals surface area contributed by atoms with Gasteiger partial charge in [-0.2, -0.15) is 0 Å². The molecule has 0 amide bonds. The molecule has 8 atom stereocenters. The molecule has 0 aliphatic heterocycles. The lowest BCUT2D eigenvalue weighted by Gasteiger charge is -2.50. The van der Waals surface area contributed by atoms with Crippen LogP contribution in [-0.2, 0) is 19.1 Å². The van der Waals surface area contributed by atoms with Crippen LogP contribution in [0.25, 0.3) is 0 Å². The van der Waals surface area contributed by atoms with E-state index in [1.807, 2.05) is 19.1 Å². The maximum atomic E-state index is 13.2. The molecule has 4 aliphatic carbocycles. The van der Waals surface area contributed by atoms with E-state index in [0.29, 0.717) is 29.4 Å². The van der Waals surface area contributed by atoms with Crippen LogP contribution in [0.3, 0.4) is 0 Å². The molecule has 0 aromatic carbocycles. The molecule has 0 saturated heterocycles. The quantitative estimate of drug-likeness (QED) is 0.103. The fraction of sp³-hybridized carbons (Fsp3) is 0.706. The van der Waals surface area contributed by atoms with Gasteiger partial charge in [-0.3, -0.25) is 4.79 Å². The summed E-state index contributed by atoms with van der Waals surface area (Å²) in [6.07, 6.45) is 17.3. The minimum Gasteiger partial charge on any atom is -0.461 e. The third-order valence-corrected chi connectivity index (χ3v) is 10.5. The van der Waals surface area contributed by atoms with Crippen LogP contribution in [0.15, 0.2) is 47.6 Å². The van der Waals surface area contributed by atoms with Crippen LogP contribution in [-0.4, -0.2) is 46.6 Å². The van der Waals surface area contributed by atoms with Gasteiger partial charge in [-0.05, 0) is 67.3 Å². The third kappa shape index (κ3) is 5.51. The number of carbonyl (C=O) groups is 2. The Bertz CT molecular complexity index is 1080. The van der Waals surface area contributed by atoms with Crippen LogP contribution in [0.5, 0.6) is 0 Å². The van der Waals surface area contributed by atoms with Crippen molar-refractivity contribution in [2.75, 3.05) is 6.61 Å². The number of hydrogen-bond acceptors (Lipinski definition) is 6. The van der Waals surface area contributed by atoms with Gasteiger partial charge in [0.05, 0.1) is 0 Å². The Morgan fingerprint density at radius 2 is 1.88 bits per heavy atom. The first-order valence-electron chi connectivity index (χ1n) is 15.4. The number of aliphatic hydroxyl groups excluding tert-OH is 1. The Hall–Kier alpha value is -2.18. The molecule has 222 valence electrons. The monoisotopic (exact) mass is 554 g/mol. The van der Waals surface area contributed by atoms with Crippen LogP contribution in [0, 0.1) is 34.5 Å². The van der Waals surface area contributed by atoms with Crippen molar-refractivity contribution in [2.45, 2.75) is 111 Å². The number of allylic oxidation sites excluding steroid dienone is 4. The summed E-state index contributed by atoms with van der Waals surface area (Å²) in [6.45, 7) is 12.0. The van der Waals surface area contributed by atoms with Gasteiger partial charge in [0.2, 0.25) is 0 Å². The van der Waals surface area contributed by atoms with Crippen molar-refractivity contribution in [3.05, 3.63) is 47.6 Å². The van der Waals surface area contributed by atoms with E-state index in [-0.39, 0.29) is 23.9 Å². The second kappa shape index (κ2) is 12.0. The van der Waals surface area contributed by atoms with Gasteiger partial charge in [0, 0.05) is 24.0 Å². The molecular formula is C34H50O6. The smallest absolute Gasteiger partial charge is 0.331 e. The Kier molecular flexibility index (Phi) is 9.21. The highest BCUT2D eigenvalue weighted by atomic mass is 16.6. The van der Waals surface area contributed by atoms with Gasteiger partial charge in [-0.25, -0.2) is 4.79 Å². The molecule has 0 unspecified atom stereocenters. The number of fused-ring (bicyclic) bond motifs is 3. The van der Waals surface area contributed by atoms with Crippen LogP contribution in [0.2, 0.25) is 0 Å². The molecule has 2 N–H and O–H groups in total. The van der Waals surface area contributed by atoms with Crippen molar-refractivity contribution in [3.63, 3.8) is 0 Å². The fourth-order valence-electron chi connectivity index (χ4n) is 8.36. The number of carbonyl (C=O) groups excluding carboxylic acids is 2. The average Bonchev–Trinajstić information content (AvgIpc) is 3.44. The number of unbranched alkanes of at least 4 members (excludes halogenated alkanes) is 5. The van der Waals surface area contributed by atoms with Crippen LogP contribution in [0.4, 0.5) is 0 Å². The predicted molar refractivity (Wildman–Crippen MR) is 156 cm³/mol. The first-order valence-corrected chi connectivity index (χ1v) is 15.4. The molecule has 2 bridgehead atoms. The van der Waals surface area contributed by atoms with Gasteiger partial charge in [0.25, 0.3) is 0 Å². The minimum absolute atomic E-state index is 0.0577. The first kappa shape index (κ1) is 30.8. The SMILES string of the molecule is CCCCCCC/C=C\C=C\C(=O)O[C@@H]1C(COC(C)=O)=C[C@@H]2C[C@]3(C=C(C)[C@H](O)[C@@]13O)[C@H](C)C[C@@H]1[C@H]2C1(C)C. The first-order chi connectivity index (χ1) is 18.9. The Balaban J connectivity index is 1.62. The summed E-state index contributed by atoms with van der Waals surface area (Å²) in [5, 5.41) is 24.2. The number of ether oxygens (including phenoxy) is 2. The highest BCUT2D eigenvalue weighted by molar-refractivity contribution is 5.82. The second-order valence-electron chi connectivity index (χ2n) is 13.4. The van der Waals surface area contributed by atoms with Crippen molar-refractivity contribution in [1.29, 1.82) is 0 Å². The molecular weight excluding hydrogens is 504 g/mol. The highest BCUT2D eigenvalue weighted by Gasteiger charge is 2.72. The summed E-state index contributed by atoms with van der Waals surface area (Å²) in [5.74, 6) is 0.0422. The Morgan fingerprint density at radius 1 is 1.15 bits per heavy atom. The van der Waals surface area contributed by atoms with E-state index >= 15 is 0 Å². The lowest BCUT2D eigenvalue weighted by atomic mass is 9.59. The molecule has 40 heavy (non-hydrogen) atoms. The minimum atomic E-state index is -1.77. The fourth-order valence-corrected chi connectivity index (χ4v) is 8.36. The van der Waals surface area contributed by atoms with Gasteiger partial charge in [-0.1, -0.05) is 83.8 Å². The zero-order valence-corrected chi connectivity index (χ0v) is 25.3. The molecule has 0 heterocycles. The average molecular weight is 555 g/mol. The molecule has 2 saturated carbocycles. The van der Waals surface area contributed by atoms with Crippen LogP contribution in [0.1, 0.15) is 92.9 Å². The lowest BCUT2D eigenvalue weighted by Crippen LogP contribution is -2.63. The van der Waals surface area contributed by atoms with Gasteiger partial charge < -0.3 is 19.7 Å². The molecule has 0 aromatic rings. The zero-order valence-electron chi connectivity index (χ0n) is 25.3. The molecule has 4 aliphatic rings. The van der Waals surface area contributed by atoms with Crippen LogP contribution < -0.4 is 0 Å². The van der Waals surface area contributed by atoms with Crippen molar-refractivity contribution < 1.29 is 29.3 Å². The van der Waals surface area contributed by atoms with Crippen molar-refractivity contribution >= 4 is 11.9 Å². The molecule has 6 heteroatoms. The number of aliphatic hydroxyl groups is 2. The topological polar surface area (TPSA) is 93.1 Å². The summed E-state index contributed by atoms with van der Waals surface area (Å²) in [6, 6.07) is 0. The van der Waals surface area contributed by atoms with E-state index in [2.05, 4.69) is 39.8 Å². The number of rotatable bonds is 11. The van der Waals surface area contributed by atoms with E-state index in [1.54, 1.807) is 6.08 Å². The van der Waals surface area contributed by atoms with Crippen molar-refractivity contribution in [2.24, 2.45) is 34.5 Å². The van der Waals surface area contributed by atoms with Crippen molar-refractivity contribution in [3.8, 4) is 0 Å². The summed E-state index contributed by atoms with van der Waals surface area (Å²) in [7, 11) is 0. The van der Waals surface area contributed by atoms with E-state index in [4.69, 9.17) is 9.47 Å². The molecule has 1 spiro atoms. The molecule has 0 aromatic heterocycles. The summed E-state index contributed by atoms with van der Waals surface area (Å²) >= 11 is 0. The molecule has 4 rings (SSSR count). The van der Waals surface area contributed by atoms with Gasteiger partial charge in [0.1, 0.15) is 18.3 Å². The summed E-state index contributed by atoms with van der Waals surface area (Å²) in [4.78, 5) is 25.0. The van der Waals surface area contributed by atoms with E-state index < -0.39 is 35.2 Å². The second-order valence-corrected chi connectivity index (χ2v) is 13.4. The normalized spacial score (nSPS) is 37.7. The Morgan fingerprint density at radius 3 is 2.58 bits per heavy atom. The number of hydrogen-bond donors (Lipinski definition) is 2. The van der Waals surface area contributed by atoms with Gasteiger partial charge >= 0.3 is 11.9 Å². The lowest BCUT2D eigenvalue weighted by molar-refractivity contribution is -0.202. The Labute approximate surface area is 240 Å². The molecule has 0 radical (unpaired) electrons. The maximum absolute atomic E-state index is 13.2. The van der Waals surface area contributed by atoms with E-state index in [9.17, 15) is 19.8 Å². The maximum Gasteiger partial charge on any atom is 0.331 e. The molecule has 2 fully saturated rings. The van der Waals surface area contributed by atoms with E-state index in [1.165, 1.54) is 38.7 Å². The zero-order chi connectivity index (χ0) is 29.3. The summed E-state index contributed by atoms with van der Waals surface area (Å²) < 4.78 is 11.5. The predicted octanol–water partition coefficient (Wildman–Crippen LogP) is 6.23. The van der Waals surface area contributed by atoms with Crippen LogP contribution >= 0.6 is 0 Å². The van der Waals surface area contributed by atoms with Gasteiger partial charge in [-0.15, -0.1) is 0 Å². The van der Waals surface area contributed by atoms with Crippen molar-refractivity contribution in [1.82, 2.24) is 0 Å². The highest BCUT2D eigenvalue weighted by Crippen LogP contribution is 2.72. The third-order valence-electron chi connectivity index (χ3n) is 10.5. The van der Waals surface area contributed by atoms with E-state index in [0.717, 1.165) is 19.3 Å². The van der Waals surface area contributed by atoms with Gasteiger partial charge in [0.15, 0.2) is 6.10 Å².